The number of aromatic carboxylic acids is 1. The van der Waals surface area contributed by atoms with Crippen molar-refractivity contribution in [1.82, 2.24) is 10.3 Å². The van der Waals surface area contributed by atoms with E-state index in [1.54, 1.807) is 12.1 Å². The second-order valence-electron chi connectivity index (χ2n) is 10.1. The largest absolute Gasteiger partial charge is 0.501 e. The molecule has 14 heteroatoms. The zero-order chi connectivity index (χ0) is 31.1. The number of ether oxygens (including phenoxy) is 1. The summed E-state index contributed by atoms with van der Waals surface area (Å²) in [7, 11) is -4.26. The van der Waals surface area contributed by atoms with E-state index in [1.165, 1.54) is 37.6 Å². The molecule has 2 aromatic carbocycles. The molecule has 1 heterocycles. The van der Waals surface area contributed by atoms with Gasteiger partial charge in [-0.2, -0.15) is 13.2 Å². The number of aromatic nitrogens is 1. The van der Waals surface area contributed by atoms with Crippen LogP contribution in [0.2, 0.25) is 0 Å². The number of amides is 2. The molecule has 0 saturated heterocycles. The van der Waals surface area contributed by atoms with Crippen LogP contribution in [0.5, 0.6) is 5.75 Å². The maximum atomic E-state index is 13.5. The number of fused-ring (bicyclic) bond motifs is 2. The van der Waals surface area contributed by atoms with Crippen molar-refractivity contribution < 1.29 is 45.8 Å². The van der Waals surface area contributed by atoms with E-state index in [4.69, 9.17) is 9.84 Å². The van der Waals surface area contributed by atoms with Gasteiger partial charge in [0.2, 0.25) is 5.91 Å². The minimum absolute atomic E-state index is 0.0811. The van der Waals surface area contributed by atoms with Crippen LogP contribution >= 0.6 is 0 Å². The number of halogens is 3. The van der Waals surface area contributed by atoms with Crippen molar-refractivity contribution in [1.29, 1.82) is 0 Å². The van der Waals surface area contributed by atoms with Crippen molar-refractivity contribution in [3.05, 3.63) is 84.1 Å². The van der Waals surface area contributed by atoms with Crippen LogP contribution in [-0.4, -0.2) is 55.0 Å². The molecule has 1 saturated carbocycles. The van der Waals surface area contributed by atoms with Gasteiger partial charge in [0.25, 0.3) is 15.7 Å². The van der Waals surface area contributed by atoms with E-state index >= 15 is 0 Å². The SMILES string of the molecule is COc1cnc(-c2ccc(C(=O)O)cc2)cc1C(=O)N[C@H]1[C@@H](C(=O)Nc2cccc(S(=O)(=O)C(F)(F)F)c2)[C@@H]2C=C[C@H]1C2. The van der Waals surface area contributed by atoms with Crippen LogP contribution in [0.1, 0.15) is 27.1 Å². The van der Waals surface area contributed by atoms with Gasteiger partial charge in [0.15, 0.2) is 0 Å². The second kappa shape index (κ2) is 11.2. The van der Waals surface area contributed by atoms with Gasteiger partial charge in [-0.15, -0.1) is 0 Å². The number of carboxylic acid groups (broad SMARTS) is 1. The highest BCUT2D eigenvalue weighted by Gasteiger charge is 2.49. The number of pyridine rings is 1. The highest BCUT2D eigenvalue weighted by molar-refractivity contribution is 7.92. The standard InChI is InChI=1S/C29H24F3N3O7S/c1-42-23-14-33-22(15-5-7-16(8-6-15)28(38)39)13-21(23)26(36)35-25-18-10-9-17(11-18)24(25)27(37)34-19-3-2-4-20(12-19)43(40,41)29(30,31)32/h2-10,12-14,17-18,24-25H,11H2,1H3,(H,34,37)(H,35,36)(H,38,39)/t17-,18+,24+,25-/m1/s1. The summed E-state index contributed by atoms with van der Waals surface area (Å²) in [5, 5.41) is 14.5. The summed E-state index contributed by atoms with van der Waals surface area (Å²) < 4.78 is 68.1. The Morgan fingerprint density at radius 2 is 1.72 bits per heavy atom. The van der Waals surface area contributed by atoms with Crippen molar-refractivity contribution in [2.75, 3.05) is 12.4 Å². The summed E-state index contributed by atoms with van der Waals surface area (Å²) in [6, 6.07) is 10.6. The van der Waals surface area contributed by atoms with Crippen LogP contribution in [0.25, 0.3) is 11.3 Å². The molecule has 3 N–H and O–H groups in total. The molecule has 0 unspecified atom stereocenters. The minimum Gasteiger partial charge on any atom is -0.494 e. The van der Waals surface area contributed by atoms with Crippen LogP contribution in [0, 0.1) is 17.8 Å². The van der Waals surface area contributed by atoms with Gasteiger partial charge in [-0.1, -0.05) is 30.4 Å². The van der Waals surface area contributed by atoms with Gasteiger partial charge >= 0.3 is 11.5 Å². The molecule has 10 nitrogen and oxygen atoms in total. The highest BCUT2D eigenvalue weighted by Crippen LogP contribution is 2.44. The Hall–Kier alpha value is -4.72. The molecule has 224 valence electrons. The van der Waals surface area contributed by atoms with E-state index in [9.17, 15) is 36.0 Å². The number of rotatable bonds is 8. The lowest BCUT2D eigenvalue weighted by Gasteiger charge is -2.28. The first-order chi connectivity index (χ1) is 20.3. The van der Waals surface area contributed by atoms with Crippen LogP contribution in [-0.2, 0) is 14.6 Å². The zero-order valence-corrected chi connectivity index (χ0v) is 23.1. The summed E-state index contributed by atoms with van der Waals surface area (Å²) in [5.74, 6) is -3.35. The van der Waals surface area contributed by atoms with E-state index in [2.05, 4.69) is 15.6 Å². The number of nitrogens with zero attached hydrogens (tertiary/aromatic N) is 1. The molecule has 0 radical (unpaired) electrons. The molecule has 2 aliphatic carbocycles. The molecule has 5 rings (SSSR count). The predicted molar refractivity (Wildman–Crippen MR) is 147 cm³/mol. The number of sulfone groups is 1. The number of hydrogen-bond acceptors (Lipinski definition) is 7. The molecule has 2 aliphatic rings. The van der Waals surface area contributed by atoms with Gasteiger partial charge in [0.1, 0.15) is 5.75 Å². The Kier molecular flexibility index (Phi) is 7.73. The summed E-state index contributed by atoms with van der Waals surface area (Å²) in [5.41, 5.74) is -4.52. The number of carboxylic acids is 1. The Morgan fingerprint density at radius 3 is 2.37 bits per heavy atom. The predicted octanol–water partition coefficient (Wildman–Crippen LogP) is 4.31. The average Bonchev–Trinajstić information content (AvgIpc) is 3.58. The van der Waals surface area contributed by atoms with E-state index in [-0.39, 0.29) is 34.4 Å². The maximum absolute atomic E-state index is 13.5. The number of anilines is 1. The van der Waals surface area contributed by atoms with Crippen LogP contribution in [0.4, 0.5) is 18.9 Å². The number of benzene rings is 2. The highest BCUT2D eigenvalue weighted by atomic mass is 32.2. The number of methoxy groups -OCH3 is 1. The van der Waals surface area contributed by atoms with E-state index in [0.29, 0.717) is 17.7 Å². The molecule has 4 atom stereocenters. The van der Waals surface area contributed by atoms with Gasteiger partial charge in [0.05, 0.1) is 40.9 Å². The van der Waals surface area contributed by atoms with Crippen LogP contribution in [0.15, 0.2) is 77.8 Å². The topological polar surface area (TPSA) is 152 Å². The fourth-order valence-electron chi connectivity index (χ4n) is 5.43. The van der Waals surface area contributed by atoms with Crippen molar-refractivity contribution in [2.45, 2.75) is 22.9 Å². The Balaban J connectivity index is 1.37. The van der Waals surface area contributed by atoms with Gasteiger partial charge in [0, 0.05) is 17.3 Å². The lowest BCUT2D eigenvalue weighted by Crippen LogP contribution is -2.47. The third-order valence-corrected chi connectivity index (χ3v) is 9.02. The van der Waals surface area contributed by atoms with Crippen LogP contribution < -0.4 is 15.4 Å². The normalized spacial score (nSPS) is 20.9. The second-order valence-corrected chi connectivity index (χ2v) is 12.0. The number of nitrogens with one attached hydrogen (secondary N) is 2. The summed E-state index contributed by atoms with van der Waals surface area (Å²) >= 11 is 0. The number of allylic oxidation sites excluding steroid dienone is 1. The first-order valence-electron chi connectivity index (χ1n) is 12.9. The van der Waals surface area contributed by atoms with E-state index in [1.807, 2.05) is 12.2 Å². The minimum atomic E-state index is -5.62. The Bertz CT molecular complexity index is 1740. The zero-order valence-electron chi connectivity index (χ0n) is 22.3. The van der Waals surface area contributed by atoms with Crippen molar-refractivity contribution in [2.24, 2.45) is 17.8 Å². The lowest BCUT2D eigenvalue weighted by molar-refractivity contribution is -0.121. The number of alkyl halides is 3. The quantitative estimate of drug-likeness (QED) is 0.317. The molecule has 1 aromatic heterocycles. The van der Waals surface area contributed by atoms with Gasteiger partial charge in [-0.25, -0.2) is 13.2 Å². The monoisotopic (exact) mass is 615 g/mol. The van der Waals surface area contributed by atoms with Crippen molar-refractivity contribution in [3.63, 3.8) is 0 Å². The summed E-state index contributed by atoms with van der Waals surface area (Å²) in [6.45, 7) is 0. The Labute approximate surface area is 243 Å². The molecule has 0 aliphatic heterocycles. The first kappa shape index (κ1) is 29.8. The van der Waals surface area contributed by atoms with Crippen LogP contribution in [0.3, 0.4) is 0 Å². The van der Waals surface area contributed by atoms with E-state index < -0.39 is 50.0 Å². The molecular formula is C29H24F3N3O7S. The van der Waals surface area contributed by atoms with Gasteiger partial charge in [-0.3, -0.25) is 14.6 Å². The molecule has 43 heavy (non-hydrogen) atoms. The molecule has 3 aromatic rings. The van der Waals surface area contributed by atoms with Crippen molar-refractivity contribution >= 4 is 33.3 Å². The number of carbonyl (C=O) groups is 3. The smallest absolute Gasteiger partial charge is 0.494 e. The third kappa shape index (κ3) is 5.69. The molecule has 2 amide bonds. The fraction of sp³-hybridized carbons (Fsp3) is 0.241. The molecule has 0 spiro atoms. The van der Waals surface area contributed by atoms with Gasteiger partial charge in [-0.05, 0) is 54.7 Å². The lowest BCUT2D eigenvalue weighted by atomic mass is 9.87. The first-order valence-corrected chi connectivity index (χ1v) is 14.4. The number of carbonyl (C=O) groups excluding carboxylic acids is 2. The number of hydrogen-bond donors (Lipinski definition) is 3. The fourth-order valence-corrected chi connectivity index (χ4v) is 6.24. The third-order valence-electron chi connectivity index (χ3n) is 7.54. The molecule has 1 fully saturated rings. The molecular weight excluding hydrogens is 591 g/mol. The Morgan fingerprint density at radius 1 is 1.02 bits per heavy atom. The van der Waals surface area contributed by atoms with Gasteiger partial charge < -0.3 is 20.5 Å². The summed E-state index contributed by atoms with van der Waals surface area (Å²) in [4.78, 5) is 41.4. The molecule has 2 bridgehead atoms. The van der Waals surface area contributed by atoms with Crippen molar-refractivity contribution in [3.8, 4) is 17.0 Å². The average molecular weight is 616 g/mol. The van der Waals surface area contributed by atoms with E-state index in [0.717, 1.165) is 18.2 Å². The maximum Gasteiger partial charge on any atom is 0.501 e. The summed E-state index contributed by atoms with van der Waals surface area (Å²) in [6.07, 6.45) is 5.63.